The van der Waals surface area contributed by atoms with Crippen LogP contribution >= 0.6 is 11.6 Å². The third-order valence-corrected chi connectivity index (χ3v) is 7.09. The van der Waals surface area contributed by atoms with E-state index >= 15 is 0 Å². The number of phenols is 1. The summed E-state index contributed by atoms with van der Waals surface area (Å²) in [5.74, 6) is -0.631. The Kier molecular flexibility index (Phi) is 3.92. The van der Waals surface area contributed by atoms with E-state index in [9.17, 15) is 13.5 Å². The molecule has 1 fully saturated rings. The maximum absolute atomic E-state index is 12.9. The minimum absolute atomic E-state index is 0.00792. The van der Waals surface area contributed by atoms with Crippen LogP contribution in [-0.2, 0) is 14.6 Å². The smallest absolute Gasteiger partial charge is 0.189 e. The molecular weight excluding hydrogens is 302 g/mol. The molecule has 20 heavy (non-hydrogen) atoms. The van der Waals surface area contributed by atoms with Gasteiger partial charge in [0.05, 0.1) is 22.1 Å². The number of hydrogen-bond donors (Lipinski definition) is 2. The third-order valence-electron chi connectivity index (χ3n) is 3.99. The van der Waals surface area contributed by atoms with Crippen molar-refractivity contribution < 1.29 is 18.3 Å². The monoisotopic (exact) mass is 319 g/mol. The number of halogens is 1. The summed E-state index contributed by atoms with van der Waals surface area (Å²) >= 11 is 5.97. The summed E-state index contributed by atoms with van der Waals surface area (Å²) in [5, 5.41) is 9.98. The van der Waals surface area contributed by atoms with Crippen LogP contribution in [0.3, 0.4) is 0 Å². The quantitative estimate of drug-likeness (QED) is 0.658. The van der Waals surface area contributed by atoms with Crippen molar-refractivity contribution in [1.29, 1.82) is 0 Å². The fourth-order valence-corrected chi connectivity index (χ4v) is 4.69. The van der Waals surface area contributed by atoms with E-state index in [1.807, 2.05) is 0 Å². The second kappa shape index (κ2) is 5.09. The fraction of sp³-hybridized carbons (Fsp3) is 0.538. The highest BCUT2D eigenvalue weighted by Gasteiger charge is 2.46. The molecule has 1 atom stereocenters. The van der Waals surface area contributed by atoms with Crippen LogP contribution in [-0.4, -0.2) is 31.5 Å². The molecule has 0 amide bonds. The summed E-state index contributed by atoms with van der Waals surface area (Å²) in [4.78, 5) is -0.295. The summed E-state index contributed by atoms with van der Waals surface area (Å²) in [6, 6.07) is 2.76. The van der Waals surface area contributed by atoms with Crippen LogP contribution in [0.4, 0.5) is 5.69 Å². The van der Waals surface area contributed by atoms with Gasteiger partial charge in [-0.1, -0.05) is 11.6 Å². The Morgan fingerprint density at radius 3 is 2.65 bits per heavy atom. The Morgan fingerprint density at radius 1 is 1.45 bits per heavy atom. The van der Waals surface area contributed by atoms with Gasteiger partial charge in [0.2, 0.25) is 0 Å². The molecule has 0 aliphatic carbocycles. The van der Waals surface area contributed by atoms with Gasteiger partial charge >= 0.3 is 0 Å². The minimum atomic E-state index is -3.85. The van der Waals surface area contributed by atoms with Crippen LogP contribution in [0.2, 0.25) is 5.02 Å². The van der Waals surface area contributed by atoms with Gasteiger partial charge in [0.25, 0.3) is 0 Å². The van der Waals surface area contributed by atoms with Crippen molar-refractivity contribution in [3.05, 3.63) is 17.2 Å². The van der Waals surface area contributed by atoms with Gasteiger partial charge in [0, 0.05) is 12.5 Å². The predicted molar refractivity (Wildman–Crippen MR) is 77.7 cm³/mol. The summed E-state index contributed by atoms with van der Waals surface area (Å²) in [6.07, 6.45) is 0.660. The standard InChI is InChI=1S/C13H18ClNO4S/c1-13(2,8-5-6-19-7-8)20(17,18)12-9(14)3-4-10(15)11(12)16/h3-4,8,16H,5-7,15H2,1-2H3/t8-/m0/s1. The van der Waals surface area contributed by atoms with Gasteiger partial charge in [-0.15, -0.1) is 0 Å². The lowest BCUT2D eigenvalue weighted by atomic mass is 9.94. The molecule has 0 saturated carbocycles. The first kappa shape index (κ1) is 15.4. The molecule has 1 aromatic carbocycles. The van der Waals surface area contributed by atoms with E-state index in [1.54, 1.807) is 13.8 Å². The molecule has 7 heteroatoms. The van der Waals surface area contributed by atoms with E-state index in [4.69, 9.17) is 22.1 Å². The van der Waals surface area contributed by atoms with Gasteiger partial charge < -0.3 is 15.6 Å². The van der Waals surface area contributed by atoms with E-state index < -0.39 is 20.3 Å². The number of aromatic hydroxyl groups is 1. The van der Waals surface area contributed by atoms with Crippen molar-refractivity contribution in [3.63, 3.8) is 0 Å². The van der Waals surface area contributed by atoms with Crippen molar-refractivity contribution >= 4 is 27.1 Å². The SMILES string of the molecule is CC(C)([C@H]1CCOC1)S(=O)(=O)c1c(Cl)ccc(N)c1O. The molecule has 3 N–H and O–H groups in total. The highest BCUT2D eigenvalue weighted by atomic mass is 35.5. The lowest BCUT2D eigenvalue weighted by molar-refractivity contribution is 0.179. The van der Waals surface area contributed by atoms with E-state index in [-0.39, 0.29) is 21.5 Å². The molecule has 0 aromatic heterocycles. The molecule has 1 aliphatic rings. The topological polar surface area (TPSA) is 89.6 Å². The molecule has 2 rings (SSSR count). The Bertz CT molecular complexity index is 622. The van der Waals surface area contributed by atoms with E-state index in [2.05, 4.69) is 0 Å². The van der Waals surface area contributed by atoms with Crippen LogP contribution in [0.5, 0.6) is 5.75 Å². The van der Waals surface area contributed by atoms with Crippen LogP contribution < -0.4 is 5.73 Å². The number of hydrogen-bond acceptors (Lipinski definition) is 5. The average molecular weight is 320 g/mol. The lowest BCUT2D eigenvalue weighted by Crippen LogP contribution is -2.40. The zero-order valence-corrected chi connectivity index (χ0v) is 13.0. The van der Waals surface area contributed by atoms with E-state index in [0.29, 0.717) is 19.6 Å². The molecule has 0 bridgehead atoms. The number of anilines is 1. The molecule has 1 saturated heterocycles. The number of rotatable bonds is 3. The fourth-order valence-electron chi connectivity index (χ4n) is 2.38. The van der Waals surface area contributed by atoms with E-state index in [0.717, 1.165) is 0 Å². The number of ether oxygens (including phenoxy) is 1. The molecule has 0 radical (unpaired) electrons. The number of phenolic OH excluding ortho intramolecular Hbond substituents is 1. The molecule has 0 spiro atoms. The van der Waals surface area contributed by atoms with Gasteiger partial charge in [0.1, 0.15) is 4.90 Å². The van der Waals surface area contributed by atoms with Crippen molar-refractivity contribution in [2.45, 2.75) is 29.9 Å². The summed E-state index contributed by atoms with van der Waals surface area (Å²) < 4.78 is 29.9. The van der Waals surface area contributed by atoms with Gasteiger partial charge in [-0.25, -0.2) is 8.42 Å². The lowest BCUT2D eigenvalue weighted by Gasteiger charge is -2.31. The van der Waals surface area contributed by atoms with Gasteiger partial charge in [-0.05, 0) is 32.4 Å². The average Bonchev–Trinajstić information content (AvgIpc) is 2.88. The van der Waals surface area contributed by atoms with Crippen molar-refractivity contribution in [2.24, 2.45) is 5.92 Å². The van der Waals surface area contributed by atoms with E-state index in [1.165, 1.54) is 12.1 Å². The minimum Gasteiger partial charge on any atom is -0.504 e. The Hall–Kier alpha value is -0.980. The van der Waals surface area contributed by atoms with Crippen molar-refractivity contribution in [2.75, 3.05) is 18.9 Å². The Balaban J connectivity index is 2.58. The number of benzene rings is 1. The second-order valence-electron chi connectivity index (χ2n) is 5.48. The molecule has 1 aromatic rings. The van der Waals surface area contributed by atoms with Gasteiger partial charge in [-0.3, -0.25) is 0 Å². The molecule has 1 aliphatic heterocycles. The second-order valence-corrected chi connectivity index (χ2v) is 8.36. The normalized spacial score (nSPS) is 20.2. The van der Waals surface area contributed by atoms with Crippen LogP contribution in [0.25, 0.3) is 0 Å². The molecule has 112 valence electrons. The first-order valence-electron chi connectivity index (χ1n) is 6.29. The largest absolute Gasteiger partial charge is 0.504 e. The van der Waals surface area contributed by atoms with Crippen molar-refractivity contribution in [3.8, 4) is 5.75 Å². The first-order chi connectivity index (χ1) is 9.19. The van der Waals surface area contributed by atoms with Gasteiger partial charge in [-0.2, -0.15) is 0 Å². The number of sulfone groups is 1. The number of nitrogen functional groups attached to an aromatic ring is 1. The molecular formula is C13H18ClNO4S. The highest BCUT2D eigenvalue weighted by Crippen LogP contribution is 2.43. The summed E-state index contributed by atoms with van der Waals surface area (Å²) in [5.41, 5.74) is 5.58. The third kappa shape index (κ3) is 2.25. The maximum Gasteiger partial charge on any atom is 0.189 e. The summed E-state index contributed by atoms with van der Waals surface area (Å²) in [7, 11) is -3.85. The van der Waals surface area contributed by atoms with Crippen LogP contribution in [0.15, 0.2) is 17.0 Å². The summed E-state index contributed by atoms with van der Waals surface area (Å²) in [6.45, 7) is 4.18. The van der Waals surface area contributed by atoms with Crippen LogP contribution in [0, 0.1) is 5.92 Å². The zero-order valence-electron chi connectivity index (χ0n) is 11.4. The zero-order chi connectivity index (χ0) is 15.1. The highest BCUT2D eigenvalue weighted by molar-refractivity contribution is 7.93. The Labute approximate surface area is 123 Å². The molecule has 1 heterocycles. The van der Waals surface area contributed by atoms with Crippen molar-refractivity contribution in [1.82, 2.24) is 0 Å². The molecule has 5 nitrogen and oxygen atoms in total. The first-order valence-corrected chi connectivity index (χ1v) is 8.15. The molecule has 0 unspecified atom stereocenters. The number of nitrogens with two attached hydrogens (primary N) is 1. The van der Waals surface area contributed by atoms with Crippen LogP contribution in [0.1, 0.15) is 20.3 Å². The Morgan fingerprint density at radius 2 is 2.10 bits per heavy atom. The maximum atomic E-state index is 12.9. The predicted octanol–water partition coefficient (Wildman–Crippen LogP) is 2.22. The van der Waals surface area contributed by atoms with Gasteiger partial charge in [0.15, 0.2) is 15.6 Å².